The third kappa shape index (κ3) is 5.47. The first-order chi connectivity index (χ1) is 13.1. The molecule has 0 fully saturated rings. The lowest BCUT2D eigenvalue weighted by Crippen LogP contribution is -2.14. The number of nitrogens with one attached hydrogen (secondary N) is 1. The van der Waals surface area contributed by atoms with Gasteiger partial charge in [0, 0.05) is 30.0 Å². The van der Waals surface area contributed by atoms with Crippen LogP contribution in [0.4, 0.5) is 18.9 Å². The summed E-state index contributed by atoms with van der Waals surface area (Å²) in [5.74, 6) is -0.402. The number of rotatable bonds is 8. The molecule has 28 heavy (non-hydrogen) atoms. The summed E-state index contributed by atoms with van der Waals surface area (Å²) < 4.78 is 40.6. The zero-order chi connectivity index (χ0) is 20.9. The minimum absolute atomic E-state index is 0.0597. The number of hydrogen-bond acceptors (Lipinski definition) is 2. The van der Waals surface area contributed by atoms with E-state index < -0.39 is 17.6 Å². The summed E-state index contributed by atoms with van der Waals surface area (Å²) in [6.45, 7) is 5.86. The van der Waals surface area contributed by atoms with Crippen molar-refractivity contribution in [1.29, 1.82) is 0 Å². The molecule has 0 unspecified atom stereocenters. The quantitative estimate of drug-likeness (QED) is 0.653. The number of carbonyl (C=O) groups is 2. The van der Waals surface area contributed by atoms with Gasteiger partial charge in [-0.3, -0.25) is 9.59 Å². The van der Waals surface area contributed by atoms with Crippen molar-refractivity contribution < 1.29 is 22.8 Å². The summed E-state index contributed by atoms with van der Waals surface area (Å²) in [7, 11) is 0. The van der Waals surface area contributed by atoms with Crippen LogP contribution in [0.3, 0.4) is 0 Å². The van der Waals surface area contributed by atoms with Gasteiger partial charge in [0.05, 0.1) is 11.1 Å². The second kappa shape index (κ2) is 9.08. The van der Waals surface area contributed by atoms with Gasteiger partial charge in [-0.1, -0.05) is 19.4 Å². The average Bonchev–Trinajstić information content (AvgIpc) is 2.93. The second-order valence-electron chi connectivity index (χ2n) is 6.87. The van der Waals surface area contributed by atoms with Gasteiger partial charge in [0.25, 0.3) is 5.91 Å². The maximum Gasteiger partial charge on any atom is 0.416 e. The Morgan fingerprint density at radius 3 is 2.50 bits per heavy atom. The molecule has 1 aromatic heterocycles. The molecule has 2 rings (SSSR count). The Bertz CT molecular complexity index is 854. The molecular formula is C21H25F3N2O2. The van der Waals surface area contributed by atoms with Crippen LogP contribution in [-0.4, -0.2) is 16.3 Å². The number of anilines is 1. The normalized spacial score (nSPS) is 11.5. The van der Waals surface area contributed by atoms with Gasteiger partial charge in [-0.2, -0.15) is 13.2 Å². The molecule has 1 aromatic carbocycles. The first-order valence-electron chi connectivity index (χ1n) is 9.30. The van der Waals surface area contributed by atoms with E-state index in [0.29, 0.717) is 24.2 Å². The molecule has 1 N–H and O–H groups in total. The minimum Gasteiger partial charge on any atom is -0.348 e. The van der Waals surface area contributed by atoms with E-state index in [2.05, 4.69) is 12.2 Å². The van der Waals surface area contributed by atoms with Gasteiger partial charge in [-0.25, -0.2) is 0 Å². The van der Waals surface area contributed by atoms with Crippen molar-refractivity contribution in [3.63, 3.8) is 0 Å². The van der Waals surface area contributed by atoms with Crippen LogP contribution in [0.5, 0.6) is 0 Å². The van der Waals surface area contributed by atoms with Crippen LogP contribution in [0, 0.1) is 6.92 Å². The van der Waals surface area contributed by atoms with Crippen molar-refractivity contribution in [3.8, 4) is 0 Å². The largest absolute Gasteiger partial charge is 0.416 e. The van der Waals surface area contributed by atoms with Crippen LogP contribution in [0.2, 0.25) is 0 Å². The van der Waals surface area contributed by atoms with E-state index in [1.807, 2.05) is 4.57 Å². The molecule has 1 amide bonds. The summed E-state index contributed by atoms with van der Waals surface area (Å²) in [6.07, 6.45) is -1.41. The number of benzene rings is 1. The number of amides is 1. The molecule has 2 aromatic rings. The number of ketones is 1. The molecule has 0 radical (unpaired) electrons. The Hall–Kier alpha value is -2.57. The van der Waals surface area contributed by atoms with Gasteiger partial charge in [0.15, 0.2) is 0 Å². The third-order valence-corrected chi connectivity index (χ3v) is 4.62. The highest BCUT2D eigenvalue weighted by Crippen LogP contribution is 2.31. The lowest BCUT2D eigenvalue weighted by Gasteiger charge is -2.11. The maximum atomic E-state index is 12.9. The van der Waals surface area contributed by atoms with Crippen LogP contribution in [0.25, 0.3) is 0 Å². The Labute approximate surface area is 162 Å². The van der Waals surface area contributed by atoms with Crippen molar-refractivity contribution >= 4 is 17.4 Å². The van der Waals surface area contributed by atoms with Gasteiger partial charge in [-0.05, 0) is 51.0 Å². The number of nitrogens with zero attached hydrogens (tertiary/aromatic N) is 1. The lowest BCUT2D eigenvalue weighted by molar-refractivity contribution is -0.137. The first kappa shape index (κ1) is 21.7. The van der Waals surface area contributed by atoms with Crippen LogP contribution < -0.4 is 5.32 Å². The van der Waals surface area contributed by atoms with E-state index in [1.165, 1.54) is 19.1 Å². The van der Waals surface area contributed by atoms with Crippen molar-refractivity contribution in [2.75, 3.05) is 5.32 Å². The number of halogens is 3. The molecule has 1 heterocycles. The maximum absolute atomic E-state index is 12.9. The zero-order valence-electron chi connectivity index (χ0n) is 16.3. The fourth-order valence-corrected chi connectivity index (χ4v) is 3.06. The number of Topliss-reactive ketones (excluding diaryl/α,β-unsaturated/α-hetero) is 1. The number of unbranched alkanes of at least 4 members (excludes halogenated alkanes) is 1. The van der Waals surface area contributed by atoms with E-state index in [-0.39, 0.29) is 11.5 Å². The fourth-order valence-electron chi connectivity index (χ4n) is 3.06. The Morgan fingerprint density at radius 1 is 1.18 bits per heavy atom. The highest BCUT2D eigenvalue weighted by Gasteiger charge is 2.30. The predicted molar refractivity (Wildman–Crippen MR) is 102 cm³/mol. The molecule has 0 saturated carbocycles. The SMILES string of the molecule is CCCCc1cc(C(=O)Nc2cccc(C(F)(F)F)c2)c(C)n1CCC(C)=O. The standard InChI is InChI=1S/C21H25F3N2O2/c1-4-5-9-18-13-19(15(3)26(18)11-10-14(2)27)20(28)25-17-8-6-7-16(12-17)21(22,23)24/h6-8,12-13H,4-5,9-11H2,1-3H3,(H,25,28). The van der Waals surface area contributed by atoms with E-state index >= 15 is 0 Å². The van der Waals surface area contributed by atoms with E-state index in [1.54, 1.807) is 13.0 Å². The smallest absolute Gasteiger partial charge is 0.348 e. The van der Waals surface area contributed by atoms with Crippen LogP contribution >= 0.6 is 0 Å². The minimum atomic E-state index is -4.47. The molecule has 7 heteroatoms. The van der Waals surface area contributed by atoms with E-state index in [0.717, 1.165) is 37.1 Å². The summed E-state index contributed by atoms with van der Waals surface area (Å²) in [5, 5.41) is 2.55. The topological polar surface area (TPSA) is 51.1 Å². The van der Waals surface area contributed by atoms with Gasteiger partial charge in [0.1, 0.15) is 5.78 Å². The Balaban J connectivity index is 2.28. The van der Waals surface area contributed by atoms with E-state index in [9.17, 15) is 22.8 Å². The Morgan fingerprint density at radius 2 is 1.89 bits per heavy atom. The van der Waals surface area contributed by atoms with E-state index in [4.69, 9.17) is 0 Å². The number of aryl methyl sites for hydroxylation is 1. The van der Waals surface area contributed by atoms with Crippen molar-refractivity contribution in [3.05, 3.63) is 52.8 Å². The van der Waals surface area contributed by atoms with Gasteiger partial charge >= 0.3 is 6.18 Å². The molecule has 0 aliphatic rings. The fraction of sp³-hybridized carbons (Fsp3) is 0.429. The molecule has 0 bridgehead atoms. The van der Waals surface area contributed by atoms with Crippen LogP contribution in [-0.2, 0) is 23.9 Å². The number of aromatic nitrogens is 1. The number of carbonyl (C=O) groups excluding carboxylic acids is 2. The molecule has 0 spiro atoms. The van der Waals surface area contributed by atoms with Crippen molar-refractivity contribution in [1.82, 2.24) is 4.57 Å². The molecule has 152 valence electrons. The molecule has 0 atom stereocenters. The van der Waals surface area contributed by atoms with Gasteiger partial charge in [-0.15, -0.1) is 0 Å². The zero-order valence-corrected chi connectivity index (χ0v) is 16.3. The summed E-state index contributed by atoms with van der Waals surface area (Å²) in [6, 6.07) is 6.33. The highest BCUT2D eigenvalue weighted by atomic mass is 19.4. The summed E-state index contributed by atoms with van der Waals surface area (Å²) in [4.78, 5) is 24.1. The van der Waals surface area contributed by atoms with Gasteiger partial charge in [0.2, 0.25) is 0 Å². The molecule has 0 aliphatic carbocycles. The third-order valence-electron chi connectivity index (χ3n) is 4.62. The van der Waals surface area contributed by atoms with Crippen LogP contribution in [0.1, 0.15) is 60.4 Å². The van der Waals surface area contributed by atoms with Crippen LogP contribution in [0.15, 0.2) is 30.3 Å². The number of hydrogen-bond donors (Lipinski definition) is 1. The summed E-state index contributed by atoms with van der Waals surface area (Å²) >= 11 is 0. The summed E-state index contributed by atoms with van der Waals surface area (Å²) in [5.41, 5.74) is 1.34. The lowest BCUT2D eigenvalue weighted by atomic mass is 10.1. The average molecular weight is 394 g/mol. The Kier molecular flexibility index (Phi) is 7.05. The second-order valence-corrected chi connectivity index (χ2v) is 6.87. The number of alkyl halides is 3. The highest BCUT2D eigenvalue weighted by molar-refractivity contribution is 6.05. The molecule has 0 aliphatic heterocycles. The van der Waals surface area contributed by atoms with Gasteiger partial charge < -0.3 is 9.88 Å². The predicted octanol–water partition coefficient (Wildman–Crippen LogP) is 5.39. The van der Waals surface area contributed by atoms with Crippen molar-refractivity contribution in [2.45, 2.75) is 59.2 Å². The molecule has 0 saturated heterocycles. The molecular weight excluding hydrogens is 369 g/mol. The monoisotopic (exact) mass is 394 g/mol. The first-order valence-corrected chi connectivity index (χ1v) is 9.30. The van der Waals surface area contributed by atoms with Crippen molar-refractivity contribution in [2.24, 2.45) is 0 Å². The molecule has 4 nitrogen and oxygen atoms in total.